The van der Waals surface area contributed by atoms with Crippen LogP contribution >= 0.6 is 15.9 Å². The monoisotopic (exact) mass is 339 g/mol. The summed E-state index contributed by atoms with van der Waals surface area (Å²) >= 11 is 3.14. The highest BCUT2D eigenvalue weighted by Gasteiger charge is 2.20. The zero-order valence-corrected chi connectivity index (χ0v) is 12.2. The molecular weight excluding hydrogens is 329 g/mol. The first-order valence-corrected chi connectivity index (χ1v) is 6.68. The zero-order chi connectivity index (χ0) is 14.7. The second-order valence-corrected chi connectivity index (χ2v) is 4.80. The van der Waals surface area contributed by atoms with Crippen LogP contribution < -0.4 is 0 Å². The van der Waals surface area contributed by atoms with Gasteiger partial charge in [0.25, 0.3) is 0 Å². The minimum Gasteiger partial charge on any atom is -0.461 e. The van der Waals surface area contributed by atoms with Crippen LogP contribution in [-0.4, -0.2) is 23.3 Å². The summed E-state index contributed by atoms with van der Waals surface area (Å²) in [6, 6.07) is 5.63. The molecule has 0 fully saturated rings. The van der Waals surface area contributed by atoms with E-state index >= 15 is 0 Å². The third kappa shape index (κ3) is 2.80. The SMILES string of the molecule is CCOC(=O)c1cc(C(=O)c2c(F)cccc2Br)c[nH]1. The van der Waals surface area contributed by atoms with Gasteiger partial charge in [-0.05, 0) is 41.1 Å². The van der Waals surface area contributed by atoms with Crippen molar-refractivity contribution in [1.82, 2.24) is 4.98 Å². The Hall–Kier alpha value is -1.95. The van der Waals surface area contributed by atoms with Gasteiger partial charge in [0.2, 0.25) is 0 Å². The van der Waals surface area contributed by atoms with E-state index in [0.29, 0.717) is 4.47 Å². The highest BCUT2D eigenvalue weighted by Crippen LogP contribution is 2.23. The van der Waals surface area contributed by atoms with Crippen molar-refractivity contribution in [2.75, 3.05) is 6.61 Å². The number of benzene rings is 1. The Labute approximate surface area is 123 Å². The number of ether oxygens (including phenoxy) is 1. The van der Waals surface area contributed by atoms with Gasteiger partial charge in [0.1, 0.15) is 11.5 Å². The average Bonchev–Trinajstić information content (AvgIpc) is 2.88. The molecule has 0 spiro atoms. The summed E-state index contributed by atoms with van der Waals surface area (Å²) in [5.74, 6) is -1.69. The van der Waals surface area contributed by atoms with Gasteiger partial charge in [0.05, 0.1) is 12.2 Å². The minimum atomic E-state index is -0.622. The fourth-order valence-electron chi connectivity index (χ4n) is 1.71. The van der Waals surface area contributed by atoms with Crippen LogP contribution in [0.3, 0.4) is 0 Å². The van der Waals surface area contributed by atoms with Crippen molar-refractivity contribution in [1.29, 1.82) is 0 Å². The second-order valence-electron chi connectivity index (χ2n) is 3.95. The lowest BCUT2D eigenvalue weighted by Gasteiger charge is -2.03. The molecule has 0 aliphatic heterocycles. The molecule has 2 rings (SSSR count). The predicted octanol–water partition coefficient (Wildman–Crippen LogP) is 3.32. The molecule has 0 unspecified atom stereocenters. The van der Waals surface area contributed by atoms with Gasteiger partial charge >= 0.3 is 5.97 Å². The molecular formula is C14H11BrFNO3. The number of rotatable bonds is 4. The van der Waals surface area contributed by atoms with Crippen LogP contribution in [0.15, 0.2) is 34.9 Å². The highest BCUT2D eigenvalue weighted by molar-refractivity contribution is 9.10. The van der Waals surface area contributed by atoms with Crippen molar-refractivity contribution in [3.05, 3.63) is 57.6 Å². The maximum Gasteiger partial charge on any atom is 0.354 e. The molecule has 0 saturated heterocycles. The van der Waals surface area contributed by atoms with E-state index in [-0.39, 0.29) is 23.4 Å². The van der Waals surface area contributed by atoms with E-state index in [1.807, 2.05) is 0 Å². The summed E-state index contributed by atoms with van der Waals surface area (Å²) < 4.78 is 18.9. The van der Waals surface area contributed by atoms with Crippen molar-refractivity contribution in [2.24, 2.45) is 0 Å². The van der Waals surface area contributed by atoms with Crippen LogP contribution in [0.25, 0.3) is 0 Å². The van der Waals surface area contributed by atoms with E-state index in [1.54, 1.807) is 13.0 Å². The molecule has 1 heterocycles. The van der Waals surface area contributed by atoms with Gasteiger partial charge in [0.15, 0.2) is 5.78 Å². The molecule has 1 aromatic heterocycles. The van der Waals surface area contributed by atoms with Crippen molar-refractivity contribution in [3.8, 4) is 0 Å². The summed E-state index contributed by atoms with van der Waals surface area (Å²) in [5, 5.41) is 0. The number of nitrogens with one attached hydrogen (secondary N) is 1. The standard InChI is InChI=1S/C14H11BrFNO3/c1-2-20-14(19)11-6-8(7-17-11)13(18)12-9(15)4-3-5-10(12)16/h3-7,17H,2H2,1H3. The first kappa shape index (κ1) is 14.5. The molecule has 0 aliphatic carbocycles. The molecule has 6 heteroatoms. The largest absolute Gasteiger partial charge is 0.461 e. The molecule has 0 amide bonds. The number of halogens is 2. The van der Waals surface area contributed by atoms with Gasteiger partial charge in [-0.3, -0.25) is 4.79 Å². The first-order valence-electron chi connectivity index (χ1n) is 5.88. The summed E-state index contributed by atoms with van der Waals surface area (Å²) in [6.45, 7) is 1.92. The Morgan fingerprint density at radius 1 is 1.40 bits per heavy atom. The number of hydrogen-bond acceptors (Lipinski definition) is 3. The van der Waals surface area contributed by atoms with Crippen LogP contribution in [0.5, 0.6) is 0 Å². The van der Waals surface area contributed by atoms with Crippen LogP contribution in [0.1, 0.15) is 33.3 Å². The number of H-pyrrole nitrogens is 1. The lowest BCUT2D eigenvalue weighted by molar-refractivity contribution is 0.0520. The molecule has 20 heavy (non-hydrogen) atoms. The number of aromatic nitrogens is 1. The van der Waals surface area contributed by atoms with Crippen LogP contribution in [0.2, 0.25) is 0 Å². The summed E-state index contributed by atoms with van der Waals surface area (Å²) in [4.78, 5) is 26.4. The van der Waals surface area contributed by atoms with E-state index in [2.05, 4.69) is 20.9 Å². The van der Waals surface area contributed by atoms with E-state index in [0.717, 1.165) is 0 Å². The first-order chi connectivity index (χ1) is 9.54. The number of ketones is 1. The highest BCUT2D eigenvalue weighted by atomic mass is 79.9. The van der Waals surface area contributed by atoms with Gasteiger partial charge in [-0.25, -0.2) is 9.18 Å². The number of carbonyl (C=O) groups is 2. The molecule has 0 radical (unpaired) electrons. The van der Waals surface area contributed by atoms with Crippen LogP contribution in [0, 0.1) is 5.82 Å². The number of carbonyl (C=O) groups excluding carboxylic acids is 2. The Balaban J connectivity index is 2.33. The predicted molar refractivity (Wildman–Crippen MR) is 74.3 cm³/mol. The maximum atomic E-state index is 13.7. The minimum absolute atomic E-state index is 0.0677. The molecule has 1 aromatic carbocycles. The van der Waals surface area contributed by atoms with Crippen molar-refractivity contribution < 1.29 is 18.7 Å². The maximum absolute atomic E-state index is 13.7. The Morgan fingerprint density at radius 2 is 2.15 bits per heavy atom. The van der Waals surface area contributed by atoms with Crippen molar-refractivity contribution in [2.45, 2.75) is 6.92 Å². The third-order valence-corrected chi connectivity index (χ3v) is 3.29. The van der Waals surface area contributed by atoms with Crippen LogP contribution in [-0.2, 0) is 4.74 Å². The summed E-state index contributed by atoms with van der Waals surface area (Å²) in [5.41, 5.74) is 0.281. The van der Waals surface area contributed by atoms with E-state index in [1.165, 1.54) is 24.4 Å². The molecule has 2 aromatic rings. The number of hydrogen-bond donors (Lipinski definition) is 1. The fraction of sp³-hybridized carbons (Fsp3) is 0.143. The van der Waals surface area contributed by atoms with E-state index in [4.69, 9.17) is 4.74 Å². The van der Waals surface area contributed by atoms with Gasteiger partial charge in [-0.15, -0.1) is 0 Å². The molecule has 0 atom stereocenters. The number of aromatic amines is 1. The number of esters is 1. The second kappa shape index (κ2) is 6.00. The smallest absolute Gasteiger partial charge is 0.354 e. The third-order valence-electron chi connectivity index (χ3n) is 2.63. The molecule has 4 nitrogen and oxygen atoms in total. The summed E-state index contributed by atoms with van der Waals surface area (Å²) in [6.07, 6.45) is 1.35. The molecule has 0 saturated carbocycles. The van der Waals surface area contributed by atoms with Gasteiger partial charge < -0.3 is 9.72 Å². The van der Waals surface area contributed by atoms with E-state index in [9.17, 15) is 14.0 Å². The molecule has 1 N–H and O–H groups in total. The van der Waals surface area contributed by atoms with Crippen molar-refractivity contribution in [3.63, 3.8) is 0 Å². The Bertz CT molecular complexity index is 646. The van der Waals surface area contributed by atoms with Crippen LogP contribution in [0.4, 0.5) is 4.39 Å². The lowest BCUT2D eigenvalue weighted by Crippen LogP contribution is -2.06. The van der Waals surface area contributed by atoms with Gasteiger partial charge in [-0.1, -0.05) is 6.07 Å². The lowest BCUT2D eigenvalue weighted by atomic mass is 10.1. The van der Waals surface area contributed by atoms with Gasteiger partial charge in [-0.2, -0.15) is 0 Å². The summed E-state index contributed by atoms with van der Waals surface area (Å²) in [7, 11) is 0. The van der Waals surface area contributed by atoms with Gasteiger partial charge in [0, 0.05) is 16.2 Å². The normalized spacial score (nSPS) is 10.3. The molecule has 104 valence electrons. The molecule has 0 aliphatic rings. The van der Waals surface area contributed by atoms with Crippen molar-refractivity contribution >= 4 is 27.7 Å². The average molecular weight is 340 g/mol. The fourth-order valence-corrected chi connectivity index (χ4v) is 2.23. The molecule has 0 bridgehead atoms. The quantitative estimate of drug-likeness (QED) is 0.686. The Morgan fingerprint density at radius 3 is 2.80 bits per heavy atom. The Kier molecular flexibility index (Phi) is 4.34. The zero-order valence-electron chi connectivity index (χ0n) is 10.6. The topological polar surface area (TPSA) is 59.2 Å². The van der Waals surface area contributed by atoms with E-state index < -0.39 is 17.6 Å².